The summed E-state index contributed by atoms with van der Waals surface area (Å²) < 4.78 is 2.10. The molecule has 1 N–H and O–H groups in total. The molecule has 1 atom stereocenters. The number of nitrogens with zero attached hydrogens (tertiary/aromatic N) is 4. The Labute approximate surface area is 208 Å². The summed E-state index contributed by atoms with van der Waals surface area (Å²) in [5.74, 6) is 0.505. The minimum Gasteiger partial charge on any atom is -0.329 e. The summed E-state index contributed by atoms with van der Waals surface area (Å²) in [5, 5.41) is 5.88. The van der Waals surface area contributed by atoms with E-state index in [0.717, 1.165) is 34.8 Å². The van der Waals surface area contributed by atoms with Gasteiger partial charge in [0.05, 0.1) is 22.6 Å². The molecule has 35 heavy (non-hydrogen) atoms. The molecule has 8 heteroatoms. The lowest BCUT2D eigenvalue weighted by molar-refractivity contribution is -0.118. The molecular formula is C27H29N5O2S. The second-order valence-corrected chi connectivity index (χ2v) is 10.2. The summed E-state index contributed by atoms with van der Waals surface area (Å²) in [5.41, 5.74) is 3.78. The van der Waals surface area contributed by atoms with Crippen molar-refractivity contribution < 1.29 is 9.59 Å². The van der Waals surface area contributed by atoms with Crippen LogP contribution in [0.5, 0.6) is 0 Å². The van der Waals surface area contributed by atoms with Crippen LogP contribution in [0.4, 0.5) is 5.69 Å². The maximum Gasteiger partial charge on any atom is 0.256 e. The van der Waals surface area contributed by atoms with Crippen LogP contribution in [0.2, 0.25) is 0 Å². The SMILES string of the molecule is Cc1nc2cc(NC(=O)C(C)C)cc(C(=O)N3CCC[C@@H]3c3nccs3)c2n1Cc1ccccc1. The number of thiazole rings is 1. The number of amides is 2. The van der Waals surface area contributed by atoms with Gasteiger partial charge in [-0.25, -0.2) is 9.97 Å². The first-order chi connectivity index (χ1) is 16.9. The van der Waals surface area contributed by atoms with Crippen molar-refractivity contribution in [1.82, 2.24) is 19.4 Å². The smallest absolute Gasteiger partial charge is 0.256 e. The monoisotopic (exact) mass is 487 g/mol. The number of imidazole rings is 1. The zero-order valence-electron chi connectivity index (χ0n) is 20.2. The van der Waals surface area contributed by atoms with E-state index in [-0.39, 0.29) is 23.8 Å². The van der Waals surface area contributed by atoms with Crippen molar-refractivity contribution >= 4 is 39.9 Å². The predicted octanol–water partition coefficient (Wildman–Crippen LogP) is 5.42. The Balaban J connectivity index is 1.62. The van der Waals surface area contributed by atoms with E-state index >= 15 is 0 Å². The van der Waals surface area contributed by atoms with Crippen LogP contribution in [0.15, 0.2) is 54.0 Å². The first-order valence-corrected chi connectivity index (χ1v) is 12.9. The van der Waals surface area contributed by atoms with Crippen molar-refractivity contribution in [2.75, 3.05) is 11.9 Å². The standard InChI is InChI=1S/C27H29N5O2S/c1-17(2)25(33)30-20-14-21(27(34)31-12-7-10-23(31)26-28-11-13-35-26)24-22(15-20)29-18(3)32(24)16-19-8-5-4-6-9-19/h4-6,8-9,11,13-15,17,23H,7,10,12,16H2,1-3H3,(H,30,33)/t23-/m1/s1. The lowest BCUT2D eigenvalue weighted by atomic mass is 10.1. The highest BCUT2D eigenvalue weighted by molar-refractivity contribution is 7.09. The van der Waals surface area contributed by atoms with Crippen molar-refractivity contribution in [1.29, 1.82) is 0 Å². The lowest BCUT2D eigenvalue weighted by Gasteiger charge is -2.24. The van der Waals surface area contributed by atoms with Crippen LogP contribution >= 0.6 is 11.3 Å². The van der Waals surface area contributed by atoms with E-state index in [0.29, 0.717) is 29.9 Å². The summed E-state index contributed by atoms with van der Waals surface area (Å²) in [7, 11) is 0. The molecule has 2 aromatic carbocycles. The van der Waals surface area contributed by atoms with Gasteiger partial charge in [0.2, 0.25) is 5.91 Å². The number of benzene rings is 2. The number of aryl methyl sites for hydroxylation is 1. The average Bonchev–Trinajstić information content (AvgIpc) is 3.59. The molecule has 1 aliphatic heterocycles. The molecule has 0 aliphatic carbocycles. The molecule has 180 valence electrons. The van der Waals surface area contributed by atoms with Gasteiger partial charge in [-0.05, 0) is 37.5 Å². The van der Waals surface area contributed by atoms with Gasteiger partial charge in [-0.15, -0.1) is 11.3 Å². The van der Waals surface area contributed by atoms with Gasteiger partial charge in [0.1, 0.15) is 10.8 Å². The fourth-order valence-corrected chi connectivity index (χ4v) is 5.47. The summed E-state index contributed by atoms with van der Waals surface area (Å²) in [6, 6.07) is 13.8. The van der Waals surface area contributed by atoms with Gasteiger partial charge in [-0.3, -0.25) is 9.59 Å². The molecule has 1 saturated heterocycles. The number of fused-ring (bicyclic) bond motifs is 1. The van der Waals surface area contributed by atoms with E-state index in [1.165, 1.54) is 0 Å². The number of likely N-dealkylation sites (tertiary alicyclic amines) is 1. The molecule has 0 saturated carbocycles. The maximum atomic E-state index is 14.1. The molecule has 0 radical (unpaired) electrons. The summed E-state index contributed by atoms with van der Waals surface area (Å²) in [6.45, 7) is 6.94. The van der Waals surface area contributed by atoms with Gasteiger partial charge in [-0.2, -0.15) is 0 Å². The number of carbonyl (C=O) groups excluding carboxylic acids is 2. The Kier molecular flexibility index (Phi) is 6.38. The van der Waals surface area contributed by atoms with Gasteiger partial charge < -0.3 is 14.8 Å². The topological polar surface area (TPSA) is 80.1 Å². The second-order valence-electron chi connectivity index (χ2n) is 9.29. The second kappa shape index (κ2) is 9.62. The predicted molar refractivity (Wildman–Crippen MR) is 139 cm³/mol. The van der Waals surface area contributed by atoms with Crippen LogP contribution in [0.3, 0.4) is 0 Å². The van der Waals surface area contributed by atoms with Crippen LogP contribution in [-0.2, 0) is 11.3 Å². The third kappa shape index (κ3) is 4.58. The molecular weight excluding hydrogens is 458 g/mol. The van der Waals surface area contributed by atoms with Crippen LogP contribution in [-0.4, -0.2) is 37.8 Å². The van der Waals surface area contributed by atoms with E-state index in [2.05, 4.69) is 27.0 Å². The number of nitrogens with one attached hydrogen (secondary N) is 1. The summed E-state index contributed by atoms with van der Waals surface area (Å²) in [4.78, 5) is 37.8. The molecule has 7 nitrogen and oxygen atoms in total. The van der Waals surface area contributed by atoms with E-state index in [4.69, 9.17) is 4.98 Å². The number of hydrogen-bond acceptors (Lipinski definition) is 5. The third-order valence-corrected chi connectivity index (χ3v) is 7.37. The molecule has 5 rings (SSSR count). The van der Waals surface area contributed by atoms with Crippen LogP contribution in [0, 0.1) is 12.8 Å². The zero-order chi connectivity index (χ0) is 24.5. The van der Waals surface area contributed by atoms with Gasteiger partial charge in [0.25, 0.3) is 5.91 Å². The third-order valence-electron chi connectivity index (χ3n) is 6.49. The van der Waals surface area contributed by atoms with E-state index in [9.17, 15) is 9.59 Å². The van der Waals surface area contributed by atoms with Crippen LogP contribution in [0.1, 0.15) is 59.5 Å². The molecule has 1 aliphatic rings. The highest BCUT2D eigenvalue weighted by atomic mass is 32.1. The van der Waals surface area contributed by atoms with Crippen molar-refractivity contribution in [3.63, 3.8) is 0 Å². The number of rotatable bonds is 6. The van der Waals surface area contributed by atoms with Crippen molar-refractivity contribution in [3.8, 4) is 0 Å². The first-order valence-electron chi connectivity index (χ1n) is 12.0. The van der Waals surface area contributed by atoms with E-state index < -0.39 is 0 Å². The van der Waals surface area contributed by atoms with Gasteiger partial charge in [0, 0.05) is 36.3 Å². The van der Waals surface area contributed by atoms with Crippen molar-refractivity contribution in [2.45, 2.75) is 46.2 Å². The molecule has 0 unspecified atom stereocenters. The average molecular weight is 488 g/mol. The molecule has 3 heterocycles. The first kappa shape index (κ1) is 23.2. The van der Waals surface area contributed by atoms with E-state index in [1.807, 2.05) is 61.4 Å². The molecule has 1 fully saturated rings. The fraction of sp³-hybridized carbons (Fsp3) is 0.333. The molecule has 0 spiro atoms. The molecule has 4 aromatic rings. The Morgan fingerprint density at radius 1 is 1.20 bits per heavy atom. The fourth-order valence-electron chi connectivity index (χ4n) is 4.69. The Hall–Kier alpha value is -3.52. The lowest BCUT2D eigenvalue weighted by Crippen LogP contribution is -2.31. The number of aromatic nitrogens is 3. The highest BCUT2D eigenvalue weighted by Crippen LogP contribution is 2.36. The highest BCUT2D eigenvalue weighted by Gasteiger charge is 2.34. The van der Waals surface area contributed by atoms with Crippen LogP contribution < -0.4 is 5.32 Å². The number of anilines is 1. The Morgan fingerprint density at radius 2 is 2.00 bits per heavy atom. The normalized spacial score (nSPS) is 15.8. The summed E-state index contributed by atoms with van der Waals surface area (Å²) >= 11 is 1.58. The molecule has 0 bridgehead atoms. The Morgan fingerprint density at radius 3 is 2.71 bits per heavy atom. The minimum absolute atomic E-state index is 0.0296. The molecule has 2 aromatic heterocycles. The van der Waals surface area contributed by atoms with Crippen molar-refractivity contribution in [3.05, 3.63) is 76.0 Å². The quantitative estimate of drug-likeness (QED) is 0.394. The van der Waals surface area contributed by atoms with Crippen LogP contribution in [0.25, 0.3) is 11.0 Å². The Bertz CT molecular complexity index is 1360. The minimum atomic E-state index is -0.171. The largest absolute Gasteiger partial charge is 0.329 e. The maximum absolute atomic E-state index is 14.1. The molecule has 2 amide bonds. The van der Waals surface area contributed by atoms with Crippen molar-refractivity contribution in [2.24, 2.45) is 5.92 Å². The summed E-state index contributed by atoms with van der Waals surface area (Å²) in [6.07, 6.45) is 3.62. The number of hydrogen-bond donors (Lipinski definition) is 1. The number of carbonyl (C=O) groups is 2. The van der Waals surface area contributed by atoms with Gasteiger partial charge in [0.15, 0.2) is 0 Å². The van der Waals surface area contributed by atoms with Gasteiger partial charge >= 0.3 is 0 Å². The zero-order valence-corrected chi connectivity index (χ0v) is 21.0. The van der Waals surface area contributed by atoms with E-state index in [1.54, 1.807) is 17.5 Å². The van der Waals surface area contributed by atoms with Gasteiger partial charge in [-0.1, -0.05) is 44.2 Å².